The van der Waals surface area contributed by atoms with Gasteiger partial charge in [0.25, 0.3) is 0 Å². The minimum atomic E-state index is 0.487. The predicted molar refractivity (Wildman–Crippen MR) is 100 cm³/mol. The molecule has 1 aromatic rings. The number of anilines is 2. The molecular formula is C14H17ClN4S2. The maximum atomic E-state index is 6.21. The Kier molecular flexibility index (Phi) is 7.74. The molecule has 0 bridgehead atoms. The number of halogens is 1. The smallest absolute Gasteiger partial charge is 0.171 e. The Morgan fingerprint density at radius 3 is 2.14 bits per heavy atom. The van der Waals surface area contributed by atoms with Gasteiger partial charge in [-0.1, -0.05) is 23.8 Å². The van der Waals surface area contributed by atoms with E-state index in [1.807, 2.05) is 12.1 Å². The minimum absolute atomic E-state index is 0.487. The van der Waals surface area contributed by atoms with Crippen molar-refractivity contribution in [1.82, 2.24) is 10.6 Å². The van der Waals surface area contributed by atoms with Crippen molar-refractivity contribution in [3.05, 3.63) is 48.5 Å². The van der Waals surface area contributed by atoms with E-state index in [0.29, 0.717) is 34.0 Å². The summed E-state index contributed by atoms with van der Waals surface area (Å²) in [4.78, 5) is 0. The van der Waals surface area contributed by atoms with Crippen LogP contribution >= 0.6 is 36.0 Å². The summed E-state index contributed by atoms with van der Waals surface area (Å²) >= 11 is 16.5. The van der Waals surface area contributed by atoms with Gasteiger partial charge in [0.1, 0.15) is 0 Å². The van der Waals surface area contributed by atoms with Crippen molar-refractivity contribution in [2.75, 3.05) is 23.7 Å². The first-order valence-corrected chi connectivity index (χ1v) is 7.37. The maximum absolute atomic E-state index is 6.21. The maximum Gasteiger partial charge on any atom is 0.171 e. The van der Waals surface area contributed by atoms with Crippen molar-refractivity contribution >= 4 is 57.6 Å². The molecule has 0 saturated carbocycles. The van der Waals surface area contributed by atoms with E-state index in [-0.39, 0.29) is 0 Å². The molecule has 7 heteroatoms. The molecule has 0 aromatic heterocycles. The van der Waals surface area contributed by atoms with E-state index in [0.717, 1.165) is 5.69 Å². The van der Waals surface area contributed by atoms with Crippen LogP contribution in [0.3, 0.4) is 0 Å². The van der Waals surface area contributed by atoms with Gasteiger partial charge in [0.2, 0.25) is 0 Å². The fourth-order valence-corrected chi connectivity index (χ4v) is 1.99. The second-order valence-corrected chi connectivity index (χ2v) is 5.17. The average Bonchev–Trinajstić information content (AvgIpc) is 2.45. The van der Waals surface area contributed by atoms with E-state index in [9.17, 15) is 0 Å². The van der Waals surface area contributed by atoms with Gasteiger partial charge in [-0.15, -0.1) is 13.2 Å². The quantitative estimate of drug-likeness (QED) is 0.471. The Morgan fingerprint density at radius 2 is 1.62 bits per heavy atom. The Balaban J connectivity index is 2.63. The third-order valence-corrected chi connectivity index (χ3v) is 3.09. The summed E-state index contributed by atoms with van der Waals surface area (Å²) in [5.41, 5.74) is 1.51. The first kappa shape index (κ1) is 17.4. The molecule has 0 heterocycles. The van der Waals surface area contributed by atoms with E-state index in [1.165, 1.54) is 0 Å². The van der Waals surface area contributed by atoms with Crippen molar-refractivity contribution < 1.29 is 0 Å². The fraction of sp³-hybridized carbons (Fsp3) is 0.143. The molecule has 21 heavy (non-hydrogen) atoms. The van der Waals surface area contributed by atoms with Crippen LogP contribution in [0.4, 0.5) is 11.4 Å². The highest BCUT2D eigenvalue weighted by molar-refractivity contribution is 7.80. The van der Waals surface area contributed by atoms with Crippen molar-refractivity contribution in [2.45, 2.75) is 0 Å². The summed E-state index contributed by atoms with van der Waals surface area (Å²) in [6.45, 7) is 8.41. The number of rotatable bonds is 6. The second-order valence-electron chi connectivity index (χ2n) is 3.94. The van der Waals surface area contributed by atoms with Gasteiger partial charge < -0.3 is 21.3 Å². The Hall–Kier alpha value is -1.63. The van der Waals surface area contributed by atoms with Crippen LogP contribution in [0.15, 0.2) is 43.5 Å². The molecule has 0 amide bonds. The number of nitrogens with one attached hydrogen (secondary N) is 4. The van der Waals surface area contributed by atoms with Gasteiger partial charge in [0.05, 0.1) is 10.7 Å². The van der Waals surface area contributed by atoms with Gasteiger partial charge >= 0.3 is 0 Å². The molecule has 0 unspecified atom stereocenters. The van der Waals surface area contributed by atoms with Crippen LogP contribution in [0.25, 0.3) is 0 Å². The lowest BCUT2D eigenvalue weighted by Crippen LogP contribution is -2.29. The van der Waals surface area contributed by atoms with E-state index < -0.39 is 0 Å². The van der Waals surface area contributed by atoms with Crippen molar-refractivity contribution in [2.24, 2.45) is 0 Å². The molecule has 0 fully saturated rings. The number of hydrogen-bond donors (Lipinski definition) is 4. The predicted octanol–water partition coefficient (Wildman–Crippen LogP) is 3.28. The third-order valence-electron chi connectivity index (χ3n) is 2.29. The van der Waals surface area contributed by atoms with Gasteiger partial charge in [-0.25, -0.2) is 0 Å². The Morgan fingerprint density at radius 1 is 1.05 bits per heavy atom. The summed E-state index contributed by atoms with van der Waals surface area (Å²) in [6, 6.07) is 5.44. The summed E-state index contributed by atoms with van der Waals surface area (Å²) in [5.74, 6) is 0. The van der Waals surface area contributed by atoms with Gasteiger partial charge in [0.15, 0.2) is 10.2 Å². The van der Waals surface area contributed by atoms with Gasteiger partial charge in [-0.2, -0.15) is 0 Å². The molecule has 0 radical (unpaired) electrons. The molecule has 0 spiro atoms. The molecule has 0 aliphatic carbocycles. The van der Waals surface area contributed by atoms with Crippen molar-refractivity contribution in [3.63, 3.8) is 0 Å². The number of thiocarbonyl (C=S) groups is 2. The molecule has 0 saturated heterocycles. The number of hydrogen-bond acceptors (Lipinski definition) is 2. The highest BCUT2D eigenvalue weighted by Crippen LogP contribution is 2.25. The Bertz CT molecular complexity index is 546. The fourth-order valence-electron chi connectivity index (χ4n) is 1.37. The van der Waals surface area contributed by atoms with Gasteiger partial charge in [0, 0.05) is 18.8 Å². The van der Waals surface area contributed by atoms with Crippen LogP contribution < -0.4 is 21.3 Å². The first-order valence-electron chi connectivity index (χ1n) is 6.18. The highest BCUT2D eigenvalue weighted by atomic mass is 35.5. The second kappa shape index (κ2) is 9.33. The molecule has 4 N–H and O–H groups in total. The third kappa shape index (κ3) is 6.57. The summed E-state index contributed by atoms with van der Waals surface area (Å²) in [7, 11) is 0. The zero-order chi connectivity index (χ0) is 15.7. The average molecular weight is 341 g/mol. The lowest BCUT2D eigenvalue weighted by Gasteiger charge is -2.13. The van der Waals surface area contributed by atoms with Crippen molar-refractivity contribution in [3.8, 4) is 0 Å². The van der Waals surface area contributed by atoms with Crippen LogP contribution in [0, 0.1) is 0 Å². The minimum Gasteiger partial charge on any atom is -0.359 e. The highest BCUT2D eigenvalue weighted by Gasteiger charge is 2.04. The zero-order valence-electron chi connectivity index (χ0n) is 11.4. The molecule has 0 aliphatic heterocycles. The lowest BCUT2D eigenvalue weighted by atomic mass is 10.3. The van der Waals surface area contributed by atoms with Crippen LogP contribution in [0.2, 0.25) is 5.02 Å². The molecule has 0 atom stereocenters. The molecule has 112 valence electrons. The SMILES string of the molecule is C=CCNC(=S)Nc1ccc(NC(=S)NCC=C)c(Cl)c1. The van der Waals surface area contributed by atoms with Crippen LogP contribution in [-0.2, 0) is 0 Å². The molecule has 1 rings (SSSR count). The first-order chi connectivity index (χ1) is 10.1. The molecular weight excluding hydrogens is 324 g/mol. The van der Waals surface area contributed by atoms with E-state index in [2.05, 4.69) is 34.4 Å². The normalized spacial score (nSPS) is 9.38. The van der Waals surface area contributed by atoms with Crippen LogP contribution in [-0.4, -0.2) is 23.3 Å². The van der Waals surface area contributed by atoms with Gasteiger partial charge in [-0.05, 0) is 42.6 Å². The van der Waals surface area contributed by atoms with Crippen LogP contribution in [0.1, 0.15) is 0 Å². The van der Waals surface area contributed by atoms with Crippen molar-refractivity contribution in [1.29, 1.82) is 0 Å². The monoisotopic (exact) mass is 340 g/mol. The van der Waals surface area contributed by atoms with E-state index >= 15 is 0 Å². The topological polar surface area (TPSA) is 48.1 Å². The molecule has 0 aliphatic rings. The summed E-state index contributed by atoms with van der Waals surface area (Å²) in [5, 5.41) is 13.5. The zero-order valence-corrected chi connectivity index (χ0v) is 13.8. The Labute approximate surface area is 140 Å². The summed E-state index contributed by atoms with van der Waals surface area (Å²) in [6.07, 6.45) is 3.45. The molecule has 1 aromatic carbocycles. The number of benzene rings is 1. The summed E-state index contributed by atoms with van der Waals surface area (Å²) < 4.78 is 0. The lowest BCUT2D eigenvalue weighted by molar-refractivity contribution is 1.06. The van der Waals surface area contributed by atoms with Crippen LogP contribution in [0.5, 0.6) is 0 Å². The standard InChI is InChI=1S/C14H17ClN4S2/c1-3-7-16-13(20)18-10-5-6-12(11(15)9-10)19-14(21)17-8-4-2/h3-6,9H,1-2,7-8H2,(H2,16,18,20)(H2,17,19,21). The van der Waals surface area contributed by atoms with E-state index in [4.69, 9.17) is 36.0 Å². The van der Waals surface area contributed by atoms with E-state index in [1.54, 1.807) is 18.2 Å². The largest absolute Gasteiger partial charge is 0.359 e. The molecule has 4 nitrogen and oxygen atoms in total. The van der Waals surface area contributed by atoms with Gasteiger partial charge in [-0.3, -0.25) is 0 Å².